The van der Waals surface area contributed by atoms with Crippen LogP contribution < -0.4 is 4.74 Å². The van der Waals surface area contributed by atoms with Gasteiger partial charge < -0.3 is 9.64 Å². The molecule has 0 fully saturated rings. The first-order chi connectivity index (χ1) is 10.5. The van der Waals surface area contributed by atoms with E-state index in [0.717, 1.165) is 5.56 Å². The molecule has 2 rings (SSSR count). The van der Waals surface area contributed by atoms with E-state index in [2.05, 4.69) is 4.74 Å². The summed E-state index contributed by atoms with van der Waals surface area (Å²) in [6.07, 6.45) is 0. The Hall–Kier alpha value is -2.14. The molecule has 0 bridgehead atoms. The molecule has 0 aromatic heterocycles. The zero-order valence-electron chi connectivity index (χ0n) is 11.8. The Labute approximate surface area is 132 Å². The molecular weight excluding hydrogens is 312 g/mol. The van der Waals surface area contributed by atoms with Crippen molar-refractivity contribution in [1.82, 2.24) is 4.90 Å². The molecule has 6 heteroatoms. The second kappa shape index (κ2) is 7.22. The number of ether oxygens (including phenoxy) is 1. The van der Waals surface area contributed by atoms with E-state index < -0.39 is 12.5 Å². The van der Waals surface area contributed by atoms with E-state index in [1.54, 1.807) is 31.3 Å². The van der Waals surface area contributed by atoms with Gasteiger partial charge in [0.15, 0.2) is 0 Å². The molecule has 0 aliphatic carbocycles. The number of hydrogen-bond donors (Lipinski definition) is 0. The van der Waals surface area contributed by atoms with E-state index in [-0.39, 0.29) is 11.3 Å². The first kappa shape index (κ1) is 16.2. The molecule has 0 aliphatic rings. The molecule has 0 saturated heterocycles. The molecule has 22 heavy (non-hydrogen) atoms. The molecule has 0 aliphatic heterocycles. The largest absolute Gasteiger partial charge is 0.434 e. The van der Waals surface area contributed by atoms with Gasteiger partial charge in [-0.15, -0.1) is 0 Å². The summed E-state index contributed by atoms with van der Waals surface area (Å²) >= 11 is 5.90. The lowest BCUT2D eigenvalue weighted by Gasteiger charge is -2.19. The van der Waals surface area contributed by atoms with Crippen molar-refractivity contribution >= 4 is 17.5 Å². The molecule has 2 aromatic carbocycles. The maximum Gasteiger partial charge on any atom is 0.387 e. The third kappa shape index (κ3) is 4.18. The van der Waals surface area contributed by atoms with Gasteiger partial charge in [0.25, 0.3) is 5.91 Å². The number of carbonyl (C=O) groups is 1. The summed E-state index contributed by atoms with van der Waals surface area (Å²) in [6.45, 7) is -2.67. The highest BCUT2D eigenvalue weighted by atomic mass is 35.5. The van der Waals surface area contributed by atoms with E-state index in [1.165, 1.54) is 23.1 Å². The molecule has 0 radical (unpaired) electrons. The quantitative estimate of drug-likeness (QED) is 0.824. The maximum atomic E-state index is 12.4. The summed E-state index contributed by atoms with van der Waals surface area (Å²) in [7, 11) is 1.59. The third-order valence-electron chi connectivity index (χ3n) is 2.99. The Kier molecular flexibility index (Phi) is 5.33. The van der Waals surface area contributed by atoms with Crippen LogP contribution in [0.4, 0.5) is 8.78 Å². The van der Waals surface area contributed by atoms with Gasteiger partial charge in [-0.25, -0.2) is 0 Å². The van der Waals surface area contributed by atoms with Crippen molar-refractivity contribution in [3.63, 3.8) is 0 Å². The lowest BCUT2D eigenvalue weighted by molar-refractivity contribution is -0.0502. The monoisotopic (exact) mass is 325 g/mol. The van der Waals surface area contributed by atoms with Gasteiger partial charge in [-0.05, 0) is 29.8 Å². The fourth-order valence-electron chi connectivity index (χ4n) is 2.03. The van der Waals surface area contributed by atoms with Crippen LogP contribution in [0.2, 0.25) is 5.02 Å². The maximum absolute atomic E-state index is 12.4. The number of amides is 1. The Morgan fingerprint density at radius 1 is 1.23 bits per heavy atom. The van der Waals surface area contributed by atoms with E-state index >= 15 is 0 Å². The van der Waals surface area contributed by atoms with Gasteiger partial charge in [-0.2, -0.15) is 8.78 Å². The van der Waals surface area contributed by atoms with Crippen molar-refractivity contribution in [3.05, 3.63) is 64.7 Å². The summed E-state index contributed by atoms with van der Waals surface area (Å²) in [6, 6.07) is 13.0. The van der Waals surface area contributed by atoms with Gasteiger partial charge in [-0.3, -0.25) is 4.79 Å². The van der Waals surface area contributed by atoms with Gasteiger partial charge in [0.1, 0.15) is 5.75 Å². The minimum Gasteiger partial charge on any atom is -0.434 e. The molecule has 0 saturated carbocycles. The van der Waals surface area contributed by atoms with Crippen LogP contribution in [0.15, 0.2) is 48.5 Å². The van der Waals surface area contributed by atoms with Crippen LogP contribution in [0.3, 0.4) is 0 Å². The van der Waals surface area contributed by atoms with Gasteiger partial charge >= 0.3 is 6.61 Å². The molecule has 0 heterocycles. The van der Waals surface area contributed by atoms with Crippen LogP contribution in [0.1, 0.15) is 15.9 Å². The van der Waals surface area contributed by atoms with Crippen molar-refractivity contribution in [2.24, 2.45) is 0 Å². The number of halogens is 3. The van der Waals surface area contributed by atoms with Crippen molar-refractivity contribution in [2.45, 2.75) is 13.2 Å². The summed E-state index contributed by atoms with van der Waals surface area (Å²) < 4.78 is 29.2. The Morgan fingerprint density at radius 3 is 2.64 bits per heavy atom. The van der Waals surface area contributed by atoms with Crippen molar-refractivity contribution in [3.8, 4) is 5.75 Å². The van der Waals surface area contributed by atoms with E-state index in [9.17, 15) is 13.6 Å². The summed E-state index contributed by atoms with van der Waals surface area (Å²) in [5.74, 6) is -0.545. The van der Waals surface area contributed by atoms with E-state index in [4.69, 9.17) is 11.6 Å². The Balaban J connectivity index is 2.17. The Morgan fingerprint density at radius 2 is 1.95 bits per heavy atom. The lowest BCUT2D eigenvalue weighted by Crippen LogP contribution is -2.27. The van der Waals surface area contributed by atoms with Crippen LogP contribution in [0.25, 0.3) is 0 Å². The number of hydrogen-bond acceptors (Lipinski definition) is 2. The molecule has 0 atom stereocenters. The zero-order valence-corrected chi connectivity index (χ0v) is 12.6. The van der Waals surface area contributed by atoms with Gasteiger partial charge in [0.2, 0.25) is 0 Å². The molecule has 0 spiro atoms. The van der Waals surface area contributed by atoms with Gasteiger partial charge in [0, 0.05) is 18.6 Å². The normalized spacial score (nSPS) is 10.6. The van der Waals surface area contributed by atoms with Crippen molar-refractivity contribution in [1.29, 1.82) is 0 Å². The third-order valence-corrected chi connectivity index (χ3v) is 3.22. The number of nitrogens with zero attached hydrogens (tertiary/aromatic N) is 1. The molecular formula is C16H14ClF2NO2. The number of alkyl halides is 2. The fourth-order valence-corrected chi connectivity index (χ4v) is 2.24. The van der Waals surface area contributed by atoms with Crippen molar-refractivity contribution < 1.29 is 18.3 Å². The average Bonchev–Trinajstić information content (AvgIpc) is 2.46. The zero-order chi connectivity index (χ0) is 16.1. The van der Waals surface area contributed by atoms with Gasteiger partial charge in [0.05, 0.1) is 5.56 Å². The standard InChI is InChI=1S/C16H14ClF2NO2/c1-20(10-11-5-4-6-12(17)9-11)15(21)13-7-2-3-8-14(13)22-16(18)19/h2-9,16H,10H2,1H3. The summed E-state index contributed by atoms with van der Waals surface area (Å²) in [5.41, 5.74) is 0.933. The number of rotatable bonds is 5. The fraction of sp³-hybridized carbons (Fsp3) is 0.188. The summed E-state index contributed by atoms with van der Waals surface area (Å²) in [5, 5.41) is 0.569. The smallest absolute Gasteiger partial charge is 0.387 e. The minimum atomic E-state index is -2.98. The molecule has 3 nitrogen and oxygen atoms in total. The highest BCUT2D eigenvalue weighted by Gasteiger charge is 2.18. The SMILES string of the molecule is CN(Cc1cccc(Cl)c1)C(=O)c1ccccc1OC(F)F. The highest BCUT2D eigenvalue weighted by Crippen LogP contribution is 2.22. The second-order valence-corrected chi connectivity index (χ2v) is 5.10. The molecule has 1 amide bonds. The van der Waals surface area contributed by atoms with Crippen LogP contribution in [0, 0.1) is 0 Å². The first-order valence-electron chi connectivity index (χ1n) is 6.51. The topological polar surface area (TPSA) is 29.5 Å². The van der Waals surface area contributed by atoms with Crippen LogP contribution in [-0.2, 0) is 6.54 Å². The van der Waals surface area contributed by atoms with E-state index in [0.29, 0.717) is 11.6 Å². The number of carbonyl (C=O) groups excluding carboxylic acids is 1. The van der Waals surface area contributed by atoms with Crippen molar-refractivity contribution in [2.75, 3.05) is 7.05 Å². The lowest BCUT2D eigenvalue weighted by atomic mass is 10.1. The molecule has 116 valence electrons. The summed E-state index contributed by atoms with van der Waals surface area (Å²) in [4.78, 5) is 13.8. The minimum absolute atomic E-state index is 0.0901. The first-order valence-corrected chi connectivity index (χ1v) is 6.89. The second-order valence-electron chi connectivity index (χ2n) is 4.67. The van der Waals surface area contributed by atoms with Gasteiger partial charge in [-0.1, -0.05) is 35.9 Å². The predicted octanol–water partition coefficient (Wildman–Crippen LogP) is 4.21. The van der Waals surface area contributed by atoms with E-state index in [1.807, 2.05) is 6.07 Å². The average molecular weight is 326 g/mol. The molecule has 0 N–H and O–H groups in total. The number of benzene rings is 2. The Bertz CT molecular complexity index is 664. The van der Waals surface area contributed by atoms with Crippen LogP contribution in [-0.4, -0.2) is 24.5 Å². The van der Waals surface area contributed by atoms with Crippen LogP contribution in [0.5, 0.6) is 5.75 Å². The number of para-hydroxylation sites is 1. The predicted molar refractivity (Wildman–Crippen MR) is 80.3 cm³/mol. The molecule has 2 aromatic rings. The molecule has 0 unspecified atom stereocenters. The highest BCUT2D eigenvalue weighted by molar-refractivity contribution is 6.30. The van der Waals surface area contributed by atoms with Crippen LogP contribution >= 0.6 is 11.6 Å².